The number of benzene rings is 1. The van der Waals surface area contributed by atoms with Crippen molar-refractivity contribution in [3.63, 3.8) is 0 Å². The maximum Gasteiger partial charge on any atom is 0.131 e. The van der Waals surface area contributed by atoms with Gasteiger partial charge in [0.2, 0.25) is 0 Å². The maximum atomic E-state index is 13.9. The van der Waals surface area contributed by atoms with Crippen LogP contribution in [0.25, 0.3) is 10.4 Å². The van der Waals surface area contributed by atoms with Gasteiger partial charge in [0.25, 0.3) is 0 Å². The molecule has 2 heterocycles. The van der Waals surface area contributed by atoms with Crippen molar-refractivity contribution < 1.29 is 4.39 Å². The van der Waals surface area contributed by atoms with Gasteiger partial charge in [-0.25, -0.2) is 4.39 Å². The molecule has 108 valence electrons. The lowest BCUT2D eigenvalue weighted by Crippen LogP contribution is -2.11. The minimum atomic E-state index is -0.164. The Morgan fingerprint density at radius 3 is 2.71 bits per heavy atom. The minimum Gasteiger partial charge on any atom is -0.308 e. The molecule has 1 N–H and O–H groups in total. The normalized spacial score (nSPS) is 11.0. The van der Waals surface area contributed by atoms with Gasteiger partial charge in [-0.1, -0.05) is 12.1 Å². The molecule has 0 aliphatic heterocycles. The van der Waals surface area contributed by atoms with Crippen LogP contribution in [0.4, 0.5) is 4.39 Å². The topological polar surface area (TPSA) is 12.0 Å². The molecule has 0 aliphatic rings. The van der Waals surface area contributed by atoms with Crippen molar-refractivity contribution in [1.29, 1.82) is 0 Å². The molecule has 1 aromatic carbocycles. The zero-order valence-corrected chi connectivity index (χ0v) is 14.3. The van der Waals surface area contributed by atoms with Gasteiger partial charge < -0.3 is 5.32 Å². The molecule has 0 bridgehead atoms. The van der Waals surface area contributed by atoms with Crippen LogP contribution in [0.1, 0.15) is 10.4 Å². The first kappa shape index (κ1) is 14.9. The minimum absolute atomic E-state index is 0.164. The van der Waals surface area contributed by atoms with E-state index in [1.54, 1.807) is 28.7 Å². The van der Waals surface area contributed by atoms with E-state index >= 15 is 0 Å². The van der Waals surface area contributed by atoms with Crippen LogP contribution in [-0.2, 0) is 13.1 Å². The van der Waals surface area contributed by atoms with Gasteiger partial charge in [0.05, 0.1) is 3.79 Å². The van der Waals surface area contributed by atoms with Crippen LogP contribution in [0.15, 0.2) is 51.6 Å². The lowest BCUT2D eigenvalue weighted by atomic mass is 10.1. The van der Waals surface area contributed by atoms with E-state index in [4.69, 9.17) is 0 Å². The second-order valence-corrected chi connectivity index (χ2v) is 8.10. The molecule has 0 unspecified atom stereocenters. The van der Waals surface area contributed by atoms with Gasteiger partial charge in [-0.15, -0.1) is 22.7 Å². The molecule has 3 rings (SSSR count). The van der Waals surface area contributed by atoms with E-state index in [0.717, 1.165) is 27.3 Å². The van der Waals surface area contributed by atoms with Crippen molar-refractivity contribution in [2.75, 3.05) is 0 Å². The fraction of sp³-hybridized carbons (Fsp3) is 0.125. The lowest BCUT2D eigenvalue weighted by molar-refractivity contribution is 0.629. The third kappa shape index (κ3) is 3.80. The zero-order valence-electron chi connectivity index (χ0n) is 11.1. The molecular weight excluding hydrogens is 369 g/mol. The molecule has 0 fully saturated rings. The second kappa shape index (κ2) is 6.83. The van der Waals surface area contributed by atoms with E-state index in [2.05, 4.69) is 33.4 Å². The molecule has 0 spiro atoms. The fourth-order valence-electron chi connectivity index (χ4n) is 2.08. The predicted molar refractivity (Wildman–Crippen MR) is 92.3 cm³/mol. The van der Waals surface area contributed by atoms with Crippen LogP contribution >= 0.6 is 38.6 Å². The first-order valence-electron chi connectivity index (χ1n) is 6.49. The quantitative estimate of drug-likeness (QED) is 0.600. The van der Waals surface area contributed by atoms with Gasteiger partial charge in [-0.05, 0) is 57.2 Å². The largest absolute Gasteiger partial charge is 0.308 e. The predicted octanol–water partition coefficient (Wildman–Crippen LogP) is 5.67. The van der Waals surface area contributed by atoms with Crippen LogP contribution < -0.4 is 5.32 Å². The number of halogens is 2. The highest BCUT2D eigenvalue weighted by molar-refractivity contribution is 9.11. The van der Waals surface area contributed by atoms with Crippen molar-refractivity contribution in [3.8, 4) is 10.4 Å². The third-order valence-corrected chi connectivity index (χ3v) is 5.60. The summed E-state index contributed by atoms with van der Waals surface area (Å²) in [5, 5.41) is 5.36. The van der Waals surface area contributed by atoms with E-state index < -0.39 is 0 Å². The summed E-state index contributed by atoms with van der Waals surface area (Å²) in [6, 6.07) is 13.4. The molecule has 0 aliphatic carbocycles. The van der Waals surface area contributed by atoms with E-state index in [1.807, 2.05) is 29.6 Å². The summed E-state index contributed by atoms with van der Waals surface area (Å²) < 4.78 is 15.0. The van der Waals surface area contributed by atoms with Gasteiger partial charge in [0.1, 0.15) is 5.82 Å². The summed E-state index contributed by atoms with van der Waals surface area (Å²) in [6.45, 7) is 1.55. The van der Waals surface area contributed by atoms with Crippen molar-refractivity contribution >= 4 is 38.6 Å². The van der Waals surface area contributed by atoms with Crippen LogP contribution in [0.5, 0.6) is 0 Å². The van der Waals surface area contributed by atoms with Gasteiger partial charge in [0, 0.05) is 28.4 Å². The van der Waals surface area contributed by atoms with Crippen LogP contribution in [-0.4, -0.2) is 0 Å². The van der Waals surface area contributed by atoms with Crippen molar-refractivity contribution in [2.24, 2.45) is 0 Å². The molecular formula is C16H13BrFNS2. The van der Waals surface area contributed by atoms with Crippen molar-refractivity contribution in [2.45, 2.75) is 13.1 Å². The summed E-state index contributed by atoms with van der Waals surface area (Å²) in [7, 11) is 0. The van der Waals surface area contributed by atoms with Crippen LogP contribution in [0.2, 0.25) is 0 Å². The number of nitrogens with one attached hydrogen (secondary N) is 1. The maximum absolute atomic E-state index is 13.9. The molecule has 5 heteroatoms. The zero-order chi connectivity index (χ0) is 14.7. The van der Waals surface area contributed by atoms with Gasteiger partial charge in [0.15, 0.2) is 0 Å². The molecule has 21 heavy (non-hydrogen) atoms. The second-order valence-electron chi connectivity index (χ2n) is 4.60. The van der Waals surface area contributed by atoms with Gasteiger partial charge in [-0.2, -0.15) is 0 Å². The first-order chi connectivity index (χ1) is 10.2. The molecule has 0 saturated carbocycles. The van der Waals surface area contributed by atoms with Crippen molar-refractivity contribution in [3.05, 3.63) is 67.9 Å². The summed E-state index contributed by atoms with van der Waals surface area (Å²) in [5.41, 5.74) is 1.78. The van der Waals surface area contributed by atoms with E-state index in [1.165, 1.54) is 4.88 Å². The van der Waals surface area contributed by atoms with Crippen molar-refractivity contribution in [1.82, 2.24) is 5.32 Å². The average Bonchev–Trinajstić information content (AvgIpc) is 3.12. The monoisotopic (exact) mass is 381 g/mol. The summed E-state index contributed by atoms with van der Waals surface area (Å²) >= 11 is 6.74. The van der Waals surface area contributed by atoms with Crippen LogP contribution in [0, 0.1) is 5.82 Å². The SMILES string of the molecule is Fc1ccc(CNCc2ccc(Br)s2)cc1-c1cccs1. The third-order valence-electron chi connectivity index (χ3n) is 3.07. The first-order valence-corrected chi connectivity index (χ1v) is 8.98. The molecule has 0 atom stereocenters. The van der Waals surface area contributed by atoms with E-state index in [0.29, 0.717) is 5.56 Å². The fourth-order valence-corrected chi connectivity index (χ4v) is 4.28. The number of thiophene rings is 2. The average molecular weight is 382 g/mol. The Morgan fingerprint density at radius 1 is 1.10 bits per heavy atom. The Kier molecular flexibility index (Phi) is 4.85. The molecule has 0 amide bonds. The summed E-state index contributed by atoms with van der Waals surface area (Å²) in [5.74, 6) is -0.164. The molecule has 0 radical (unpaired) electrons. The standard InChI is InChI=1S/C16H13BrFNS2/c17-16-6-4-12(21-16)10-19-9-11-3-5-14(18)13(8-11)15-2-1-7-20-15/h1-8,19H,9-10H2. The van der Waals surface area contributed by atoms with Gasteiger partial charge >= 0.3 is 0 Å². The highest BCUT2D eigenvalue weighted by Gasteiger charge is 2.07. The van der Waals surface area contributed by atoms with Gasteiger partial charge in [-0.3, -0.25) is 0 Å². The molecule has 0 saturated heterocycles. The Morgan fingerprint density at radius 2 is 2.00 bits per heavy atom. The summed E-state index contributed by atoms with van der Waals surface area (Å²) in [4.78, 5) is 2.25. The highest BCUT2D eigenvalue weighted by atomic mass is 79.9. The number of rotatable bonds is 5. The van der Waals surface area contributed by atoms with Crippen LogP contribution in [0.3, 0.4) is 0 Å². The van der Waals surface area contributed by atoms with E-state index in [9.17, 15) is 4.39 Å². The smallest absolute Gasteiger partial charge is 0.131 e. The van der Waals surface area contributed by atoms with E-state index in [-0.39, 0.29) is 5.82 Å². The number of hydrogen-bond donors (Lipinski definition) is 1. The molecule has 1 nitrogen and oxygen atoms in total. The Bertz CT molecular complexity index is 722. The Labute approximate surface area is 139 Å². The molecule has 2 aromatic heterocycles. The Balaban J connectivity index is 1.67. The lowest BCUT2D eigenvalue weighted by Gasteiger charge is -2.07. The Hall–Kier alpha value is -1.01. The molecule has 3 aromatic rings. The number of hydrogen-bond acceptors (Lipinski definition) is 3. The summed E-state index contributed by atoms with van der Waals surface area (Å²) in [6.07, 6.45) is 0. The highest BCUT2D eigenvalue weighted by Crippen LogP contribution is 2.28.